The first-order valence-electron chi connectivity index (χ1n) is 17.2. The van der Waals surface area contributed by atoms with Gasteiger partial charge in [0.2, 0.25) is 0 Å². The fourth-order valence-electron chi connectivity index (χ4n) is 7.51. The number of furan rings is 1. The van der Waals surface area contributed by atoms with E-state index in [1.165, 1.54) is 16.2 Å². The van der Waals surface area contributed by atoms with Gasteiger partial charge in [-0.05, 0) is 67.7 Å². The molecule has 0 N–H and O–H groups in total. The average Bonchev–Trinajstić information content (AvgIpc) is 3.65. The van der Waals surface area contributed by atoms with Crippen LogP contribution in [0.4, 0.5) is 0 Å². The molecular weight excluding hydrogens is 621 g/mol. The van der Waals surface area contributed by atoms with E-state index < -0.39 is 0 Å². The third-order valence-electron chi connectivity index (χ3n) is 9.90. The van der Waals surface area contributed by atoms with Gasteiger partial charge in [0, 0.05) is 27.6 Å². The lowest BCUT2D eigenvalue weighted by Gasteiger charge is -2.17. The Morgan fingerprint density at radius 1 is 0.353 bits per heavy atom. The van der Waals surface area contributed by atoms with Crippen molar-refractivity contribution < 1.29 is 4.42 Å². The molecule has 0 atom stereocenters. The Balaban J connectivity index is 1.30. The van der Waals surface area contributed by atoms with Gasteiger partial charge in [-0.3, -0.25) is 0 Å². The molecule has 238 valence electrons. The summed E-state index contributed by atoms with van der Waals surface area (Å²) in [5, 5.41) is 8.06. The molecule has 0 radical (unpaired) electrons. The van der Waals surface area contributed by atoms with Crippen molar-refractivity contribution in [2.45, 2.75) is 0 Å². The van der Waals surface area contributed by atoms with Crippen molar-refractivity contribution in [1.82, 2.24) is 9.97 Å². The standard InChI is InChI=1S/C48H30N2O/c1-2-14-31(15-3-1)35-19-9-10-22-38(35)43-30-44(39-23-11-12-24-40(39)46-29-34-18-6-13-25-45(34)51-46)50-48(49-43)47-37-21-8-5-17-33(37)28-42-36-20-7-4-16-32(36)26-27-41(42)47/h1-30H. The van der Waals surface area contributed by atoms with E-state index in [1.807, 2.05) is 18.2 Å². The van der Waals surface area contributed by atoms with E-state index in [2.05, 4.69) is 164 Å². The van der Waals surface area contributed by atoms with Crippen LogP contribution in [0.2, 0.25) is 0 Å². The number of aromatic nitrogens is 2. The molecule has 3 nitrogen and oxygen atoms in total. The second-order valence-electron chi connectivity index (χ2n) is 12.9. The van der Waals surface area contributed by atoms with Gasteiger partial charge in [-0.2, -0.15) is 0 Å². The summed E-state index contributed by atoms with van der Waals surface area (Å²) in [6, 6.07) is 63.7. The summed E-state index contributed by atoms with van der Waals surface area (Å²) >= 11 is 0. The largest absolute Gasteiger partial charge is 0.456 e. The number of nitrogens with zero attached hydrogens (tertiary/aromatic N) is 2. The molecule has 0 fully saturated rings. The van der Waals surface area contributed by atoms with E-state index in [4.69, 9.17) is 14.4 Å². The molecular formula is C48H30N2O. The van der Waals surface area contributed by atoms with Crippen LogP contribution < -0.4 is 0 Å². The van der Waals surface area contributed by atoms with E-state index in [0.717, 1.165) is 77.7 Å². The van der Waals surface area contributed by atoms with Crippen molar-refractivity contribution in [2.24, 2.45) is 0 Å². The van der Waals surface area contributed by atoms with Crippen LogP contribution in [0, 0.1) is 0 Å². The SMILES string of the molecule is c1ccc(-c2ccccc2-c2cc(-c3ccccc3-c3cc4ccccc4o3)nc(-c3c4ccccc4cc4c3ccc3ccccc34)n2)cc1. The third-order valence-corrected chi connectivity index (χ3v) is 9.90. The van der Waals surface area contributed by atoms with Crippen molar-refractivity contribution in [3.8, 4) is 56.4 Å². The van der Waals surface area contributed by atoms with Crippen molar-refractivity contribution in [3.05, 3.63) is 182 Å². The molecule has 10 rings (SSSR count). The van der Waals surface area contributed by atoms with Crippen molar-refractivity contribution in [3.63, 3.8) is 0 Å². The van der Waals surface area contributed by atoms with Crippen LogP contribution in [0.15, 0.2) is 186 Å². The first-order chi connectivity index (χ1) is 25.3. The zero-order valence-electron chi connectivity index (χ0n) is 27.6. The van der Waals surface area contributed by atoms with E-state index in [-0.39, 0.29) is 0 Å². The van der Waals surface area contributed by atoms with Gasteiger partial charge in [-0.15, -0.1) is 0 Å². The molecule has 0 saturated carbocycles. The molecule has 2 aromatic heterocycles. The number of hydrogen-bond donors (Lipinski definition) is 0. The summed E-state index contributed by atoms with van der Waals surface area (Å²) in [5.74, 6) is 1.49. The van der Waals surface area contributed by atoms with Gasteiger partial charge in [-0.1, -0.05) is 158 Å². The molecule has 0 bridgehead atoms. The smallest absolute Gasteiger partial charge is 0.161 e. The summed E-state index contributed by atoms with van der Waals surface area (Å²) in [5.41, 5.74) is 8.83. The lowest BCUT2D eigenvalue weighted by atomic mass is 9.92. The third kappa shape index (κ3) is 4.98. The highest BCUT2D eigenvalue weighted by atomic mass is 16.3. The molecule has 51 heavy (non-hydrogen) atoms. The van der Waals surface area contributed by atoms with Crippen LogP contribution in [-0.2, 0) is 0 Å². The van der Waals surface area contributed by atoms with E-state index in [9.17, 15) is 0 Å². The van der Waals surface area contributed by atoms with Crippen LogP contribution in [0.1, 0.15) is 0 Å². The van der Waals surface area contributed by atoms with Crippen molar-refractivity contribution in [2.75, 3.05) is 0 Å². The van der Waals surface area contributed by atoms with Crippen LogP contribution in [0.3, 0.4) is 0 Å². The molecule has 0 saturated heterocycles. The zero-order chi connectivity index (χ0) is 33.7. The molecule has 0 aliphatic carbocycles. The van der Waals surface area contributed by atoms with Crippen LogP contribution >= 0.6 is 0 Å². The zero-order valence-corrected chi connectivity index (χ0v) is 27.6. The average molecular weight is 651 g/mol. The minimum Gasteiger partial charge on any atom is -0.456 e. The van der Waals surface area contributed by atoms with E-state index in [0.29, 0.717) is 5.82 Å². The Labute approximate surface area is 295 Å². The number of rotatable bonds is 5. The minimum atomic E-state index is 0.682. The van der Waals surface area contributed by atoms with Gasteiger partial charge in [-0.25, -0.2) is 9.97 Å². The Kier molecular flexibility index (Phi) is 6.81. The highest BCUT2D eigenvalue weighted by Gasteiger charge is 2.20. The number of fused-ring (bicyclic) bond motifs is 5. The minimum absolute atomic E-state index is 0.682. The van der Waals surface area contributed by atoms with Gasteiger partial charge >= 0.3 is 0 Å². The molecule has 10 aromatic rings. The number of para-hydroxylation sites is 1. The summed E-state index contributed by atoms with van der Waals surface area (Å²) in [4.78, 5) is 10.9. The fraction of sp³-hybridized carbons (Fsp3) is 0. The predicted molar refractivity (Wildman–Crippen MR) is 212 cm³/mol. The number of benzene rings is 8. The van der Waals surface area contributed by atoms with Crippen molar-refractivity contribution in [1.29, 1.82) is 0 Å². The first kappa shape index (κ1) is 29.1. The predicted octanol–water partition coefficient (Wildman–Crippen LogP) is 13.0. The Bertz CT molecular complexity index is 2890. The normalized spacial score (nSPS) is 11.5. The molecule has 0 aliphatic rings. The maximum atomic E-state index is 6.44. The Morgan fingerprint density at radius 2 is 0.941 bits per heavy atom. The molecule has 0 unspecified atom stereocenters. The maximum absolute atomic E-state index is 6.44. The summed E-state index contributed by atoms with van der Waals surface area (Å²) < 4.78 is 6.44. The molecule has 0 amide bonds. The monoisotopic (exact) mass is 650 g/mol. The summed E-state index contributed by atoms with van der Waals surface area (Å²) in [7, 11) is 0. The molecule has 2 heterocycles. The van der Waals surface area contributed by atoms with Gasteiger partial charge < -0.3 is 4.42 Å². The Hall–Kier alpha value is -6.84. The maximum Gasteiger partial charge on any atom is 0.161 e. The van der Waals surface area contributed by atoms with E-state index in [1.54, 1.807) is 0 Å². The van der Waals surface area contributed by atoms with E-state index >= 15 is 0 Å². The molecule has 3 heteroatoms. The van der Waals surface area contributed by atoms with Gasteiger partial charge in [0.25, 0.3) is 0 Å². The first-order valence-corrected chi connectivity index (χ1v) is 17.2. The van der Waals surface area contributed by atoms with Gasteiger partial charge in [0.05, 0.1) is 11.4 Å². The Morgan fingerprint density at radius 3 is 1.71 bits per heavy atom. The number of hydrogen-bond acceptors (Lipinski definition) is 3. The second kappa shape index (κ2) is 11.9. The van der Waals surface area contributed by atoms with Gasteiger partial charge in [0.1, 0.15) is 11.3 Å². The molecule has 0 aliphatic heterocycles. The lowest BCUT2D eigenvalue weighted by Crippen LogP contribution is -1.99. The van der Waals surface area contributed by atoms with Crippen LogP contribution in [0.5, 0.6) is 0 Å². The summed E-state index contributed by atoms with van der Waals surface area (Å²) in [6.07, 6.45) is 0. The van der Waals surface area contributed by atoms with Gasteiger partial charge in [0.15, 0.2) is 5.82 Å². The van der Waals surface area contributed by atoms with Crippen LogP contribution in [-0.4, -0.2) is 9.97 Å². The lowest BCUT2D eigenvalue weighted by molar-refractivity contribution is 0.632. The summed E-state index contributed by atoms with van der Waals surface area (Å²) in [6.45, 7) is 0. The fourth-order valence-corrected chi connectivity index (χ4v) is 7.51. The quantitative estimate of drug-likeness (QED) is 0.137. The molecule has 0 spiro atoms. The molecule has 8 aromatic carbocycles. The highest BCUT2D eigenvalue weighted by Crippen LogP contribution is 2.42. The van der Waals surface area contributed by atoms with Crippen molar-refractivity contribution >= 4 is 43.3 Å². The topological polar surface area (TPSA) is 38.9 Å². The van der Waals surface area contributed by atoms with Crippen LogP contribution in [0.25, 0.3) is 99.6 Å². The second-order valence-corrected chi connectivity index (χ2v) is 12.9. The highest BCUT2D eigenvalue weighted by molar-refractivity contribution is 6.19.